The molecule has 106 valence electrons. The highest BCUT2D eigenvalue weighted by molar-refractivity contribution is 6.51. The maximum absolute atomic E-state index is 6.61. The van der Waals surface area contributed by atoms with Crippen LogP contribution in [0.1, 0.15) is 11.1 Å². The van der Waals surface area contributed by atoms with Gasteiger partial charge < -0.3 is 0 Å². The van der Waals surface area contributed by atoms with E-state index >= 15 is 0 Å². The number of hydrogen-bond acceptors (Lipinski definition) is 5. The third kappa shape index (κ3) is 1.91. The van der Waals surface area contributed by atoms with E-state index < -0.39 is 5.66 Å². The van der Waals surface area contributed by atoms with E-state index in [1.165, 1.54) is 6.34 Å². The van der Waals surface area contributed by atoms with Gasteiger partial charge in [-0.15, -0.1) is 0 Å². The number of aliphatic imine (C=N–C) groups is 4. The van der Waals surface area contributed by atoms with Crippen molar-refractivity contribution in [1.29, 1.82) is 0 Å². The highest BCUT2D eigenvalue weighted by Crippen LogP contribution is 2.28. The van der Waals surface area contributed by atoms with Crippen molar-refractivity contribution in [3.63, 3.8) is 0 Å². The van der Waals surface area contributed by atoms with Crippen LogP contribution in [-0.2, 0) is 5.66 Å². The van der Waals surface area contributed by atoms with Gasteiger partial charge in [-0.3, -0.25) is 5.73 Å². The lowest BCUT2D eigenvalue weighted by atomic mass is 9.93. The summed E-state index contributed by atoms with van der Waals surface area (Å²) in [5, 5.41) is 0. The third-order valence-electron chi connectivity index (χ3n) is 3.68. The quantitative estimate of drug-likeness (QED) is 0.902. The number of nitrogens with zero attached hydrogens (tertiary/aromatic N) is 4. The van der Waals surface area contributed by atoms with E-state index in [0.717, 1.165) is 11.1 Å². The molecule has 4 rings (SSSR count). The number of nitrogens with two attached hydrogens (primary N) is 1. The van der Waals surface area contributed by atoms with E-state index in [0.29, 0.717) is 17.4 Å². The number of rotatable bonds is 2. The van der Waals surface area contributed by atoms with Crippen LogP contribution in [0.4, 0.5) is 0 Å². The normalized spacial score (nSPS) is 22.7. The summed E-state index contributed by atoms with van der Waals surface area (Å²) >= 11 is 0. The van der Waals surface area contributed by atoms with Crippen LogP contribution in [0.15, 0.2) is 80.6 Å². The summed E-state index contributed by atoms with van der Waals surface area (Å²) in [5.74, 6) is 1.10. The maximum Gasteiger partial charge on any atom is 0.183 e. The Hall–Kier alpha value is -2.92. The molecule has 0 saturated carbocycles. The average molecular weight is 287 g/mol. The molecule has 0 saturated heterocycles. The molecule has 5 nitrogen and oxygen atoms in total. The van der Waals surface area contributed by atoms with Crippen molar-refractivity contribution in [3.05, 3.63) is 71.8 Å². The van der Waals surface area contributed by atoms with Crippen molar-refractivity contribution in [3.8, 4) is 0 Å². The summed E-state index contributed by atoms with van der Waals surface area (Å²) in [6.07, 6.45) is 1.47. The molecule has 0 aromatic heterocycles. The lowest BCUT2D eigenvalue weighted by molar-refractivity contribution is 0.644. The molecule has 5 heteroatoms. The van der Waals surface area contributed by atoms with Gasteiger partial charge in [0.15, 0.2) is 17.3 Å². The summed E-state index contributed by atoms with van der Waals surface area (Å²) in [4.78, 5) is 17.7. The summed E-state index contributed by atoms with van der Waals surface area (Å²) in [6.45, 7) is 0. The van der Waals surface area contributed by atoms with Crippen molar-refractivity contribution in [2.45, 2.75) is 5.66 Å². The Labute approximate surface area is 127 Å². The maximum atomic E-state index is 6.61. The van der Waals surface area contributed by atoms with Crippen molar-refractivity contribution >= 4 is 23.7 Å². The predicted octanol–water partition coefficient (Wildman–Crippen LogP) is 2.14. The van der Waals surface area contributed by atoms with E-state index in [1.807, 2.05) is 60.7 Å². The van der Waals surface area contributed by atoms with Gasteiger partial charge >= 0.3 is 0 Å². The largest absolute Gasteiger partial charge is 0.298 e. The van der Waals surface area contributed by atoms with Crippen LogP contribution in [0.5, 0.6) is 0 Å². The van der Waals surface area contributed by atoms with E-state index in [4.69, 9.17) is 10.7 Å². The van der Waals surface area contributed by atoms with Crippen molar-refractivity contribution in [1.82, 2.24) is 0 Å². The first-order valence-electron chi connectivity index (χ1n) is 6.97. The van der Waals surface area contributed by atoms with Crippen LogP contribution in [0, 0.1) is 0 Å². The molecule has 2 aliphatic rings. The molecule has 0 amide bonds. The van der Waals surface area contributed by atoms with Crippen LogP contribution in [0.2, 0.25) is 0 Å². The van der Waals surface area contributed by atoms with Crippen LogP contribution in [-0.4, -0.2) is 23.7 Å². The van der Waals surface area contributed by atoms with E-state index in [2.05, 4.69) is 15.0 Å². The second-order valence-corrected chi connectivity index (χ2v) is 5.09. The van der Waals surface area contributed by atoms with Gasteiger partial charge in [-0.1, -0.05) is 60.7 Å². The first-order chi connectivity index (χ1) is 10.8. The zero-order chi connectivity index (χ0) is 15.0. The third-order valence-corrected chi connectivity index (χ3v) is 3.68. The molecule has 0 aliphatic carbocycles. The average Bonchev–Trinajstić information content (AvgIpc) is 3.06. The Morgan fingerprint density at radius 2 is 1.50 bits per heavy atom. The molecular weight excluding hydrogens is 274 g/mol. The van der Waals surface area contributed by atoms with E-state index in [-0.39, 0.29) is 0 Å². The number of fused-ring (bicyclic) bond motifs is 1. The molecule has 2 aromatic carbocycles. The number of benzene rings is 2. The molecule has 0 radical (unpaired) electrons. The molecule has 0 fully saturated rings. The Morgan fingerprint density at radius 1 is 0.818 bits per heavy atom. The molecule has 1 atom stereocenters. The highest BCUT2D eigenvalue weighted by Gasteiger charge is 2.41. The van der Waals surface area contributed by atoms with Crippen LogP contribution < -0.4 is 5.73 Å². The smallest absolute Gasteiger partial charge is 0.183 e. The minimum absolute atomic E-state index is 0.528. The molecule has 0 spiro atoms. The number of amidine groups is 2. The standard InChI is InChI=1S/C17H13N5/c18-17(13-9-5-2-6-10-13)14-16(20-11-19-14)21-15(22-17)12-7-3-1-4-8-12/h1-11H,18H2. The molecule has 2 heterocycles. The summed E-state index contributed by atoms with van der Waals surface area (Å²) in [7, 11) is 0. The van der Waals surface area contributed by atoms with Gasteiger partial charge in [0.2, 0.25) is 0 Å². The van der Waals surface area contributed by atoms with Gasteiger partial charge in [0.1, 0.15) is 12.1 Å². The van der Waals surface area contributed by atoms with Gasteiger partial charge in [0, 0.05) is 11.1 Å². The Kier molecular flexibility index (Phi) is 2.80. The highest BCUT2D eigenvalue weighted by atomic mass is 15.2. The Balaban J connectivity index is 1.91. The minimum atomic E-state index is -1.07. The van der Waals surface area contributed by atoms with Gasteiger partial charge in [-0.2, -0.15) is 0 Å². The van der Waals surface area contributed by atoms with Gasteiger partial charge in [0.05, 0.1) is 0 Å². The zero-order valence-electron chi connectivity index (χ0n) is 11.7. The lowest BCUT2D eigenvalue weighted by Crippen LogP contribution is -2.48. The molecule has 2 N–H and O–H groups in total. The fourth-order valence-electron chi connectivity index (χ4n) is 2.57. The number of hydrogen-bond donors (Lipinski definition) is 1. The first-order valence-corrected chi connectivity index (χ1v) is 6.97. The van der Waals surface area contributed by atoms with Crippen molar-refractivity contribution in [2.75, 3.05) is 0 Å². The lowest BCUT2D eigenvalue weighted by Gasteiger charge is -2.29. The fourth-order valence-corrected chi connectivity index (χ4v) is 2.57. The summed E-state index contributed by atoms with van der Waals surface area (Å²) in [5.41, 5.74) is 7.89. The SMILES string of the molecule is NC1(c2ccccc2)N=C(c2ccccc2)N=C2N=CN=C21. The monoisotopic (exact) mass is 287 g/mol. The molecule has 1 unspecified atom stereocenters. The van der Waals surface area contributed by atoms with E-state index in [1.54, 1.807) is 0 Å². The molecule has 0 bridgehead atoms. The van der Waals surface area contributed by atoms with Crippen LogP contribution in [0.25, 0.3) is 0 Å². The molecular formula is C17H13N5. The van der Waals surface area contributed by atoms with Gasteiger partial charge in [-0.25, -0.2) is 20.0 Å². The van der Waals surface area contributed by atoms with E-state index in [9.17, 15) is 0 Å². The van der Waals surface area contributed by atoms with Gasteiger partial charge in [0.25, 0.3) is 0 Å². The van der Waals surface area contributed by atoms with Crippen LogP contribution in [0.3, 0.4) is 0 Å². The molecule has 22 heavy (non-hydrogen) atoms. The molecule has 2 aliphatic heterocycles. The topological polar surface area (TPSA) is 75.5 Å². The van der Waals surface area contributed by atoms with Gasteiger partial charge in [-0.05, 0) is 0 Å². The van der Waals surface area contributed by atoms with Crippen molar-refractivity contribution < 1.29 is 0 Å². The fraction of sp³-hybridized carbons (Fsp3) is 0.0588. The second-order valence-electron chi connectivity index (χ2n) is 5.09. The summed E-state index contributed by atoms with van der Waals surface area (Å²) < 4.78 is 0. The minimum Gasteiger partial charge on any atom is -0.298 e. The first kappa shape index (κ1) is 12.8. The van der Waals surface area contributed by atoms with Crippen LogP contribution >= 0.6 is 0 Å². The second kappa shape index (κ2) is 4.82. The summed E-state index contributed by atoms with van der Waals surface area (Å²) in [6, 6.07) is 19.4. The molecule has 2 aromatic rings. The Morgan fingerprint density at radius 3 is 2.23 bits per heavy atom. The van der Waals surface area contributed by atoms with Crippen molar-refractivity contribution in [2.24, 2.45) is 25.7 Å². The zero-order valence-corrected chi connectivity index (χ0v) is 11.7. The predicted molar refractivity (Wildman–Crippen MR) is 88.6 cm³/mol. The Bertz CT molecular complexity index is 834.